The molecule has 0 radical (unpaired) electrons. The summed E-state index contributed by atoms with van der Waals surface area (Å²) in [5, 5.41) is 9.09. The van der Waals surface area contributed by atoms with Gasteiger partial charge in [0.25, 0.3) is 0 Å². The number of piperidine rings is 1. The van der Waals surface area contributed by atoms with Crippen molar-refractivity contribution in [1.29, 1.82) is 5.26 Å². The van der Waals surface area contributed by atoms with Gasteiger partial charge in [-0.05, 0) is 43.4 Å². The van der Waals surface area contributed by atoms with Gasteiger partial charge < -0.3 is 14.4 Å². The normalized spacial score (nSPS) is 21.5. The minimum Gasteiger partial charge on any atom is -0.382 e. The van der Waals surface area contributed by atoms with E-state index in [4.69, 9.17) is 14.7 Å². The van der Waals surface area contributed by atoms with Crippen LogP contribution in [0.3, 0.4) is 0 Å². The summed E-state index contributed by atoms with van der Waals surface area (Å²) in [6.07, 6.45) is -3.39. The summed E-state index contributed by atoms with van der Waals surface area (Å²) < 4.78 is 77.4. The molecule has 0 N–H and O–H groups in total. The summed E-state index contributed by atoms with van der Waals surface area (Å²) in [5.41, 5.74) is -1.21. The minimum absolute atomic E-state index is 0.0332. The molecule has 184 valence electrons. The smallest absolute Gasteiger partial charge is 0.382 e. The maximum atomic E-state index is 13.5. The van der Waals surface area contributed by atoms with Crippen LogP contribution in [-0.2, 0) is 25.7 Å². The standard InChI is InChI=1S/C22H30F3N3O4S/c1-3-33(29,30)28-8-6-21(7-9-28)16-27(14-18(21)15-32-11-10-31-2)19-5-4-17(13-26)20(12-19)22(23,24)25/h4-5,12,18H,3,6-11,14-16H2,1-2H3. The predicted octanol–water partition coefficient (Wildman–Crippen LogP) is 3.11. The maximum Gasteiger partial charge on any atom is 0.417 e. The average Bonchev–Trinajstić information content (AvgIpc) is 3.13. The first-order valence-corrected chi connectivity index (χ1v) is 12.6. The number of nitriles is 1. The number of nitrogens with zero attached hydrogens (tertiary/aromatic N) is 3. The zero-order valence-corrected chi connectivity index (χ0v) is 19.7. The second-order valence-corrected chi connectivity index (χ2v) is 10.9. The molecule has 2 fully saturated rings. The Morgan fingerprint density at radius 2 is 1.94 bits per heavy atom. The molecule has 1 atom stereocenters. The lowest BCUT2D eigenvalue weighted by Gasteiger charge is -2.42. The van der Waals surface area contributed by atoms with E-state index < -0.39 is 27.3 Å². The van der Waals surface area contributed by atoms with Gasteiger partial charge in [0, 0.05) is 44.9 Å². The Morgan fingerprint density at radius 3 is 2.52 bits per heavy atom. The lowest BCUT2D eigenvalue weighted by molar-refractivity contribution is -0.137. The molecule has 7 nitrogen and oxygen atoms in total. The van der Waals surface area contributed by atoms with Crippen molar-refractivity contribution < 1.29 is 31.1 Å². The van der Waals surface area contributed by atoms with Crippen LogP contribution in [0.2, 0.25) is 0 Å². The fourth-order valence-electron chi connectivity index (χ4n) is 4.85. The Bertz CT molecular complexity index is 970. The van der Waals surface area contributed by atoms with E-state index in [-0.39, 0.29) is 17.1 Å². The van der Waals surface area contributed by atoms with Crippen LogP contribution < -0.4 is 4.90 Å². The summed E-state index contributed by atoms with van der Waals surface area (Å²) in [6.45, 7) is 4.67. The third-order valence-electron chi connectivity index (χ3n) is 6.83. The van der Waals surface area contributed by atoms with Gasteiger partial charge in [-0.1, -0.05) is 0 Å². The summed E-state index contributed by atoms with van der Waals surface area (Å²) in [7, 11) is -1.71. The molecule has 0 saturated carbocycles. The summed E-state index contributed by atoms with van der Waals surface area (Å²) in [6, 6.07) is 5.42. The van der Waals surface area contributed by atoms with E-state index in [2.05, 4.69) is 0 Å². The first-order valence-electron chi connectivity index (χ1n) is 11.0. The fraction of sp³-hybridized carbons (Fsp3) is 0.682. The lowest BCUT2D eigenvalue weighted by atomic mass is 9.71. The number of methoxy groups -OCH3 is 1. The molecule has 3 rings (SSSR count). The van der Waals surface area contributed by atoms with Crippen molar-refractivity contribution in [2.24, 2.45) is 11.3 Å². The van der Waals surface area contributed by atoms with Gasteiger partial charge >= 0.3 is 6.18 Å². The molecule has 1 aromatic carbocycles. The molecule has 2 heterocycles. The monoisotopic (exact) mass is 489 g/mol. The van der Waals surface area contributed by atoms with Crippen molar-refractivity contribution >= 4 is 15.7 Å². The molecule has 2 aliphatic rings. The summed E-state index contributed by atoms with van der Waals surface area (Å²) in [4.78, 5) is 1.91. The first-order chi connectivity index (χ1) is 15.6. The second kappa shape index (κ2) is 10.2. The van der Waals surface area contributed by atoms with Crippen LogP contribution >= 0.6 is 0 Å². The Labute approximate surface area is 193 Å². The van der Waals surface area contributed by atoms with Crippen LogP contribution in [-0.4, -0.2) is 71.6 Å². The molecule has 0 aliphatic carbocycles. The van der Waals surface area contributed by atoms with E-state index in [0.29, 0.717) is 64.5 Å². The summed E-state index contributed by atoms with van der Waals surface area (Å²) >= 11 is 0. The van der Waals surface area contributed by atoms with Crippen LogP contribution in [0.4, 0.5) is 18.9 Å². The molecule has 1 aromatic rings. The molecule has 2 aliphatic heterocycles. The molecule has 0 amide bonds. The Hall–Kier alpha value is -1.87. The highest BCUT2D eigenvalue weighted by Crippen LogP contribution is 2.47. The molecule has 1 spiro atoms. The van der Waals surface area contributed by atoms with Gasteiger partial charge in [-0.25, -0.2) is 12.7 Å². The van der Waals surface area contributed by atoms with E-state index in [9.17, 15) is 21.6 Å². The average molecular weight is 490 g/mol. The van der Waals surface area contributed by atoms with Gasteiger partial charge in [0.2, 0.25) is 10.0 Å². The van der Waals surface area contributed by atoms with Gasteiger partial charge in [0.15, 0.2) is 0 Å². The molecule has 33 heavy (non-hydrogen) atoms. The highest BCUT2D eigenvalue weighted by molar-refractivity contribution is 7.89. The van der Waals surface area contributed by atoms with Gasteiger partial charge in [0.1, 0.15) is 0 Å². The van der Waals surface area contributed by atoms with E-state index in [0.717, 1.165) is 6.07 Å². The van der Waals surface area contributed by atoms with Gasteiger partial charge in [-0.15, -0.1) is 0 Å². The topological polar surface area (TPSA) is 82.9 Å². The number of rotatable bonds is 8. The quantitative estimate of drug-likeness (QED) is 0.522. The number of alkyl halides is 3. The maximum absolute atomic E-state index is 13.5. The van der Waals surface area contributed by atoms with E-state index in [1.807, 2.05) is 4.90 Å². The predicted molar refractivity (Wildman–Crippen MR) is 117 cm³/mol. The number of sulfonamides is 1. The van der Waals surface area contributed by atoms with E-state index in [1.165, 1.54) is 10.4 Å². The number of halogens is 3. The van der Waals surface area contributed by atoms with Gasteiger partial charge in [-0.3, -0.25) is 0 Å². The van der Waals surface area contributed by atoms with E-state index in [1.54, 1.807) is 26.2 Å². The van der Waals surface area contributed by atoms with Crippen LogP contribution in [0.1, 0.15) is 30.9 Å². The highest BCUT2D eigenvalue weighted by atomic mass is 32.2. The molecule has 2 saturated heterocycles. The molecular weight excluding hydrogens is 459 g/mol. The molecule has 1 unspecified atom stereocenters. The number of ether oxygens (including phenoxy) is 2. The van der Waals surface area contributed by atoms with Crippen LogP contribution in [0.5, 0.6) is 0 Å². The zero-order chi connectivity index (χ0) is 24.3. The highest BCUT2D eigenvalue weighted by Gasteiger charge is 2.49. The largest absolute Gasteiger partial charge is 0.417 e. The zero-order valence-electron chi connectivity index (χ0n) is 18.9. The second-order valence-electron chi connectivity index (χ2n) is 8.65. The number of anilines is 1. The van der Waals surface area contributed by atoms with Crippen LogP contribution in [0.25, 0.3) is 0 Å². The Morgan fingerprint density at radius 1 is 1.24 bits per heavy atom. The fourth-order valence-corrected chi connectivity index (χ4v) is 5.95. The van der Waals surface area contributed by atoms with Crippen molar-refractivity contribution in [2.75, 3.05) is 63.8 Å². The Balaban J connectivity index is 1.84. The number of hydrogen-bond donors (Lipinski definition) is 0. The third-order valence-corrected chi connectivity index (χ3v) is 8.72. The van der Waals surface area contributed by atoms with Crippen molar-refractivity contribution in [3.8, 4) is 6.07 Å². The minimum atomic E-state index is -4.62. The van der Waals surface area contributed by atoms with Crippen molar-refractivity contribution in [1.82, 2.24) is 4.31 Å². The van der Waals surface area contributed by atoms with Crippen LogP contribution in [0.15, 0.2) is 18.2 Å². The number of benzene rings is 1. The molecule has 0 bridgehead atoms. The lowest BCUT2D eigenvalue weighted by Crippen LogP contribution is -2.47. The van der Waals surface area contributed by atoms with Gasteiger partial charge in [0.05, 0.1) is 42.8 Å². The van der Waals surface area contributed by atoms with Crippen molar-refractivity contribution in [3.05, 3.63) is 29.3 Å². The van der Waals surface area contributed by atoms with Crippen molar-refractivity contribution in [2.45, 2.75) is 25.9 Å². The summed E-state index contributed by atoms with van der Waals surface area (Å²) in [5.74, 6) is 0.0760. The molecule has 11 heteroatoms. The molecule has 0 aromatic heterocycles. The number of hydrogen-bond acceptors (Lipinski definition) is 6. The van der Waals surface area contributed by atoms with Gasteiger partial charge in [-0.2, -0.15) is 18.4 Å². The van der Waals surface area contributed by atoms with Crippen LogP contribution in [0, 0.1) is 22.7 Å². The molecular formula is C22H30F3N3O4S. The third kappa shape index (κ3) is 5.62. The van der Waals surface area contributed by atoms with E-state index >= 15 is 0 Å². The SMILES string of the molecule is CCS(=O)(=O)N1CCC2(CC1)CN(c1ccc(C#N)c(C(F)(F)F)c1)CC2COCCOC. The van der Waals surface area contributed by atoms with Crippen molar-refractivity contribution in [3.63, 3.8) is 0 Å². The Kier molecular flexibility index (Phi) is 7.94. The first kappa shape index (κ1) is 25.7.